The van der Waals surface area contributed by atoms with Crippen LogP contribution in [0.4, 0.5) is 0 Å². The highest BCUT2D eigenvalue weighted by molar-refractivity contribution is 5.21. The molecule has 0 saturated carbocycles. The predicted molar refractivity (Wildman–Crippen MR) is 47.8 cm³/mol. The molecule has 2 heteroatoms. The van der Waals surface area contributed by atoms with Gasteiger partial charge in [0, 0.05) is 7.11 Å². The fourth-order valence-electron chi connectivity index (χ4n) is 1.04. The Morgan fingerprint density at radius 2 is 2.17 bits per heavy atom. The van der Waals surface area contributed by atoms with E-state index in [1.165, 1.54) is 11.1 Å². The third-order valence-corrected chi connectivity index (χ3v) is 1.55. The average molecular weight is 166 g/mol. The van der Waals surface area contributed by atoms with Gasteiger partial charge in [-0.3, -0.25) is 0 Å². The Balaban J connectivity index is 2.41. The zero-order chi connectivity index (χ0) is 8.81. The molecular formula is C10H14O2. The smallest absolute Gasteiger partial charge is 0.146 e. The second-order valence-electron chi connectivity index (χ2n) is 2.74. The maximum Gasteiger partial charge on any atom is 0.146 e. The summed E-state index contributed by atoms with van der Waals surface area (Å²) in [5.74, 6) is 0. The van der Waals surface area contributed by atoms with Crippen molar-refractivity contribution in [2.45, 2.75) is 13.5 Å². The van der Waals surface area contributed by atoms with Crippen LogP contribution in [0, 0.1) is 6.92 Å². The number of hydrogen-bond acceptors (Lipinski definition) is 2. The minimum Gasteiger partial charge on any atom is -0.359 e. The van der Waals surface area contributed by atoms with Crippen LogP contribution in [0.3, 0.4) is 0 Å². The van der Waals surface area contributed by atoms with Crippen molar-refractivity contribution in [3.05, 3.63) is 35.4 Å². The third kappa shape index (κ3) is 3.03. The first-order valence-corrected chi connectivity index (χ1v) is 3.95. The number of methoxy groups -OCH3 is 1. The molecule has 0 radical (unpaired) electrons. The van der Waals surface area contributed by atoms with Gasteiger partial charge in [-0.05, 0) is 12.5 Å². The quantitative estimate of drug-likeness (QED) is 0.504. The summed E-state index contributed by atoms with van der Waals surface area (Å²) in [6.45, 7) is 3.04. The van der Waals surface area contributed by atoms with Crippen molar-refractivity contribution in [3.63, 3.8) is 0 Å². The van der Waals surface area contributed by atoms with Crippen molar-refractivity contribution in [2.24, 2.45) is 0 Å². The number of rotatable bonds is 4. The second kappa shape index (κ2) is 4.91. The van der Waals surface area contributed by atoms with Crippen LogP contribution in [-0.2, 0) is 16.1 Å². The first-order valence-electron chi connectivity index (χ1n) is 3.95. The zero-order valence-electron chi connectivity index (χ0n) is 7.54. The summed E-state index contributed by atoms with van der Waals surface area (Å²) in [5, 5.41) is 0. The monoisotopic (exact) mass is 166 g/mol. The minimum absolute atomic E-state index is 0.355. The summed E-state index contributed by atoms with van der Waals surface area (Å²) in [4.78, 5) is 0. The van der Waals surface area contributed by atoms with Crippen molar-refractivity contribution in [1.29, 1.82) is 0 Å². The molecule has 0 aromatic heterocycles. The standard InChI is InChI=1S/C10H14O2/c1-9-4-3-5-10(6-9)7-12-8-11-2/h3-6H,7-8H2,1-2H3. The second-order valence-corrected chi connectivity index (χ2v) is 2.74. The van der Waals surface area contributed by atoms with Gasteiger partial charge < -0.3 is 9.47 Å². The van der Waals surface area contributed by atoms with Crippen molar-refractivity contribution in [3.8, 4) is 0 Å². The van der Waals surface area contributed by atoms with E-state index < -0.39 is 0 Å². The van der Waals surface area contributed by atoms with E-state index in [9.17, 15) is 0 Å². The predicted octanol–water partition coefficient (Wildman–Crippen LogP) is 2.12. The van der Waals surface area contributed by atoms with Crippen molar-refractivity contribution in [1.82, 2.24) is 0 Å². The largest absolute Gasteiger partial charge is 0.359 e. The Labute approximate surface area is 73.1 Å². The number of benzene rings is 1. The van der Waals surface area contributed by atoms with Crippen LogP contribution in [0.15, 0.2) is 24.3 Å². The summed E-state index contributed by atoms with van der Waals surface area (Å²) in [5.41, 5.74) is 2.44. The van der Waals surface area contributed by atoms with E-state index in [1.807, 2.05) is 12.1 Å². The van der Waals surface area contributed by atoms with E-state index in [0.29, 0.717) is 13.4 Å². The van der Waals surface area contributed by atoms with Gasteiger partial charge >= 0.3 is 0 Å². The van der Waals surface area contributed by atoms with Crippen LogP contribution in [-0.4, -0.2) is 13.9 Å². The molecule has 0 N–H and O–H groups in total. The Hall–Kier alpha value is -0.860. The molecule has 2 nitrogen and oxygen atoms in total. The van der Waals surface area contributed by atoms with Crippen LogP contribution in [0.5, 0.6) is 0 Å². The van der Waals surface area contributed by atoms with Gasteiger partial charge in [0.05, 0.1) is 6.61 Å². The molecule has 1 aromatic carbocycles. The molecule has 12 heavy (non-hydrogen) atoms. The maximum absolute atomic E-state index is 5.20. The van der Waals surface area contributed by atoms with Crippen molar-refractivity contribution < 1.29 is 9.47 Å². The molecule has 0 bridgehead atoms. The van der Waals surface area contributed by atoms with Crippen LogP contribution in [0.25, 0.3) is 0 Å². The fourth-order valence-corrected chi connectivity index (χ4v) is 1.04. The van der Waals surface area contributed by atoms with Gasteiger partial charge in [0.2, 0.25) is 0 Å². The summed E-state index contributed by atoms with van der Waals surface area (Å²) < 4.78 is 9.97. The Morgan fingerprint density at radius 3 is 2.83 bits per heavy atom. The molecule has 0 aliphatic heterocycles. The Bertz CT molecular complexity index is 233. The molecule has 0 aliphatic carbocycles. The molecule has 0 amide bonds. The first kappa shape index (κ1) is 9.23. The highest BCUT2D eigenvalue weighted by Crippen LogP contribution is 2.04. The normalized spacial score (nSPS) is 10.2. The van der Waals surface area contributed by atoms with Crippen LogP contribution in [0.2, 0.25) is 0 Å². The highest BCUT2D eigenvalue weighted by atomic mass is 16.7. The lowest BCUT2D eigenvalue weighted by atomic mass is 10.1. The maximum atomic E-state index is 5.20. The van der Waals surface area contributed by atoms with Crippen LogP contribution < -0.4 is 0 Å². The van der Waals surface area contributed by atoms with Gasteiger partial charge in [-0.15, -0.1) is 0 Å². The fraction of sp³-hybridized carbons (Fsp3) is 0.400. The van der Waals surface area contributed by atoms with Crippen molar-refractivity contribution in [2.75, 3.05) is 13.9 Å². The summed E-state index contributed by atoms with van der Waals surface area (Å²) in [6, 6.07) is 8.25. The lowest BCUT2D eigenvalue weighted by molar-refractivity contribution is -0.0390. The number of hydrogen-bond donors (Lipinski definition) is 0. The summed E-state index contributed by atoms with van der Waals surface area (Å²) in [7, 11) is 1.62. The molecule has 0 unspecified atom stereocenters. The van der Waals surface area contributed by atoms with E-state index in [-0.39, 0.29) is 0 Å². The highest BCUT2D eigenvalue weighted by Gasteiger charge is 1.91. The molecule has 0 fully saturated rings. The third-order valence-electron chi connectivity index (χ3n) is 1.55. The molecular weight excluding hydrogens is 152 g/mol. The van der Waals surface area contributed by atoms with Gasteiger partial charge in [-0.2, -0.15) is 0 Å². The molecule has 0 saturated heterocycles. The molecule has 0 aliphatic rings. The SMILES string of the molecule is COCOCc1cccc(C)c1. The van der Waals surface area contributed by atoms with Gasteiger partial charge in [0.15, 0.2) is 0 Å². The van der Waals surface area contributed by atoms with Gasteiger partial charge in [-0.1, -0.05) is 29.8 Å². The molecule has 1 aromatic rings. The first-order chi connectivity index (χ1) is 5.83. The average Bonchev–Trinajstić information content (AvgIpc) is 2.05. The van der Waals surface area contributed by atoms with Gasteiger partial charge in [-0.25, -0.2) is 0 Å². The Morgan fingerprint density at radius 1 is 1.33 bits per heavy atom. The van der Waals surface area contributed by atoms with E-state index in [0.717, 1.165) is 0 Å². The van der Waals surface area contributed by atoms with Gasteiger partial charge in [0.25, 0.3) is 0 Å². The Kier molecular flexibility index (Phi) is 3.77. The molecule has 0 spiro atoms. The topological polar surface area (TPSA) is 18.5 Å². The molecule has 0 heterocycles. The van der Waals surface area contributed by atoms with Crippen LogP contribution >= 0.6 is 0 Å². The van der Waals surface area contributed by atoms with E-state index in [2.05, 4.69) is 19.1 Å². The lowest BCUT2D eigenvalue weighted by Crippen LogP contribution is -1.96. The summed E-state index contributed by atoms with van der Waals surface area (Å²) >= 11 is 0. The van der Waals surface area contributed by atoms with Crippen LogP contribution in [0.1, 0.15) is 11.1 Å². The van der Waals surface area contributed by atoms with E-state index in [4.69, 9.17) is 9.47 Å². The summed E-state index contributed by atoms with van der Waals surface area (Å²) in [6.07, 6.45) is 0. The number of aryl methyl sites for hydroxylation is 1. The van der Waals surface area contributed by atoms with E-state index in [1.54, 1.807) is 7.11 Å². The minimum atomic E-state index is 0.355. The molecule has 66 valence electrons. The molecule has 1 rings (SSSR count). The zero-order valence-corrected chi connectivity index (χ0v) is 7.54. The molecule has 0 atom stereocenters. The number of ether oxygens (including phenoxy) is 2. The lowest BCUT2D eigenvalue weighted by Gasteiger charge is -2.03. The van der Waals surface area contributed by atoms with Crippen molar-refractivity contribution >= 4 is 0 Å². The van der Waals surface area contributed by atoms with E-state index >= 15 is 0 Å². The van der Waals surface area contributed by atoms with Gasteiger partial charge in [0.1, 0.15) is 6.79 Å².